The number of nitrogens with one attached hydrogen (secondary N) is 2. The van der Waals surface area contributed by atoms with Crippen molar-refractivity contribution in [2.24, 2.45) is 0 Å². The van der Waals surface area contributed by atoms with Crippen LogP contribution in [0.25, 0.3) is 0 Å². The van der Waals surface area contributed by atoms with Crippen molar-refractivity contribution in [1.29, 1.82) is 0 Å². The third-order valence-corrected chi connectivity index (χ3v) is 3.54. The molecule has 0 aromatic carbocycles. The lowest BCUT2D eigenvalue weighted by Gasteiger charge is -2.14. The number of hydrogen-bond donors (Lipinski definition) is 2. The summed E-state index contributed by atoms with van der Waals surface area (Å²) in [6.45, 7) is 7.56. The van der Waals surface area contributed by atoms with Crippen LogP contribution in [0.3, 0.4) is 0 Å². The van der Waals surface area contributed by atoms with Gasteiger partial charge in [-0.15, -0.1) is 11.3 Å². The molecule has 1 aromatic heterocycles. The zero-order valence-electron chi connectivity index (χ0n) is 12.2. The monoisotopic (exact) mass is 298 g/mol. The molecule has 0 aliphatic carbocycles. The summed E-state index contributed by atoms with van der Waals surface area (Å²) in [5, 5.41) is 8.43. The predicted molar refractivity (Wildman–Crippen MR) is 80.8 cm³/mol. The van der Waals surface area contributed by atoms with Crippen LogP contribution in [0.1, 0.15) is 32.9 Å². The highest BCUT2D eigenvalue weighted by Crippen LogP contribution is 2.20. The van der Waals surface area contributed by atoms with Crippen molar-refractivity contribution in [3.63, 3.8) is 0 Å². The van der Waals surface area contributed by atoms with E-state index in [-0.39, 0.29) is 18.4 Å². The molecule has 7 heteroatoms. The van der Waals surface area contributed by atoms with Crippen LogP contribution < -0.4 is 15.5 Å². The van der Waals surface area contributed by atoms with Gasteiger partial charge in [0.25, 0.3) is 0 Å². The van der Waals surface area contributed by atoms with Crippen LogP contribution in [0.4, 0.5) is 5.13 Å². The normalized spacial score (nSPS) is 10.3. The average Bonchev–Trinajstić information content (AvgIpc) is 2.85. The second-order valence-corrected chi connectivity index (χ2v) is 5.17. The summed E-state index contributed by atoms with van der Waals surface area (Å²) < 4.78 is 0. The van der Waals surface area contributed by atoms with E-state index in [0.717, 1.165) is 12.1 Å². The highest BCUT2D eigenvalue weighted by molar-refractivity contribution is 7.14. The predicted octanol–water partition coefficient (Wildman–Crippen LogP) is 1.13. The van der Waals surface area contributed by atoms with Crippen molar-refractivity contribution in [3.8, 4) is 0 Å². The number of carbonyl (C=O) groups is 2. The third kappa shape index (κ3) is 5.26. The Hall–Kier alpha value is -1.47. The van der Waals surface area contributed by atoms with E-state index in [9.17, 15) is 9.59 Å². The van der Waals surface area contributed by atoms with Gasteiger partial charge < -0.3 is 10.6 Å². The Bertz CT molecular complexity index is 447. The Morgan fingerprint density at radius 3 is 2.75 bits per heavy atom. The minimum atomic E-state index is -0.0136. The van der Waals surface area contributed by atoms with Gasteiger partial charge in [0.1, 0.15) is 0 Å². The first-order valence-electron chi connectivity index (χ1n) is 6.78. The van der Waals surface area contributed by atoms with Crippen molar-refractivity contribution in [3.05, 3.63) is 11.1 Å². The highest BCUT2D eigenvalue weighted by atomic mass is 32.1. The topological polar surface area (TPSA) is 74.3 Å². The van der Waals surface area contributed by atoms with Crippen LogP contribution in [-0.2, 0) is 16.1 Å². The minimum Gasteiger partial charge on any atom is -0.355 e. The summed E-state index contributed by atoms with van der Waals surface area (Å²) in [6, 6.07) is 0. The van der Waals surface area contributed by atoms with Crippen LogP contribution in [0.15, 0.2) is 5.38 Å². The number of rotatable bonds is 8. The van der Waals surface area contributed by atoms with Gasteiger partial charge in [0.15, 0.2) is 5.13 Å². The van der Waals surface area contributed by atoms with E-state index in [1.165, 1.54) is 18.3 Å². The lowest BCUT2D eigenvalue weighted by molar-refractivity contribution is -0.120. The summed E-state index contributed by atoms with van der Waals surface area (Å²) >= 11 is 1.44. The number of hydrogen-bond acceptors (Lipinski definition) is 5. The third-order valence-electron chi connectivity index (χ3n) is 2.63. The van der Waals surface area contributed by atoms with Gasteiger partial charge in [0.05, 0.1) is 12.2 Å². The largest absolute Gasteiger partial charge is 0.355 e. The molecule has 112 valence electrons. The lowest BCUT2D eigenvalue weighted by Crippen LogP contribution is -2.34. The van der Waals surface area contributed by atoms with Gasteiger partial charge in [-0.2, -0.15) is 0 Å². The molecule has 0 atom stereocenters. The molecule has 0 fully saturated rings. The zero-order chi connectivity index (χ0) is 15.0. The number of carbonyl (C=O) groups excluding carboxylic acids is 2. The number of thiazole rings is 1. The summed E-state index contributed by atoms with van der Waals surface area (Å²) in [4.78, 5) is 28.8. The summed E-state index contributed by atoms with van der Waals surface area (Å²) in [6.07, 6.45) is 0.930. The van der Waals surface area contributed by atoms with E-state index in [1.54, 1.807) is 4.90 Å². The minimum absolute atomic E-state index is 0.0128. The van der Waals surface area contributed by atoms with E-state index in [4.69, 9.17) is 0 Å². The number of aromatic nitrogens is 1. The smallest absolute Gasteiger partial charge is 0.233 e. The summed E-state index contributed by atoms with van der Waals surface area (Å²) in [5.74, 6) is -0.0264. The van der Waals surface area contributed by atoms with Gasteiger partial charge in [-0.05, 0) is 13.3 Å². The van der Waals surface area contributed by atoms with Gasteiger partial charge in [-0.25, -0.2) is 4.98 Å². The molecule has 6 nitrogen and oxygen atoms in total. The van der Waals surface area contributed by atoms with Crippen molar-refractivity contribution < 1.29 is 9.59 Å². The molecule has 20 heavy (non-hydrogen) atoms. The summed E-state index contributed by atoms with van der Waals surface area (Å²) in [7, 11) is 0. The van der Waals surface area contributed by atoms with E-state index in [0.29, 0.717) is 24.8 Å². The molecule has 0 aliphatic heterocycles. The fraction of sp³-hybridized carbons (Fsp3) is 0.615. The second-order valence-electron chi connectivity index (χ2n) is 4.34. The van der Waals surface area contributed by atoms with Crippen molar-refractivity contribution in [2.75, 3.05) is 24.5 Å². The molecule has 0 unspecified atom stereocenters. The Morgan fingerprint density at radius 2 is 2.15 bits per heavy atom. The number of anilines is 1. The van der Waals surface area contributed by atoms with Crippen LogP contribution in [0.2, 0.25) is 0 Å². The van der Waals surface area contributed by atoms with E-state index in [2.05, 4.69) is 15.6 Å². The first-order valence-corrected chi connectivity index (χ1v) is 7.66. The molecule has 0 bridgehead atoms. The maximum absolute atomic E-state index is 11.4. The first kappa shape index (κ1) is 16.6. The van der Waals surface area contributed by atoms with Gasteiger partial charge in [0, 0.05) is 31.9 Å². The van der Waals surface area contributed by atoms with Crippen molar-refractivity contribution >= 4 is 28.3 Å². The quantitative estimate of drug-likeness (QED) is 0.754. The van der Waals surface area contributed by atoms with E-state index >= 15 is 0 Å². The molecular weight excluding hydrogens is 276 g/mol. The maximum Gasteiger partial charge on any atom is 0.233 e. The average molecular weight is 298 g/mol. The van der Waals surface area contributed by atoms with E-state index in [1.807, 2.05) is 19.2 Å². The second kappa shape index (κ2) is 8.65. The molecular formula is C13H22N4O2S. The molecule has 0 saturated heterocycles. The van der Waals surface area contributed by atoms with Crippen molar-refractivity contribution in [2.45, 2.75) is 33.7 Å². The first-order chi connectivity index (χ1) is 9.58. The van der Waals surface area contributed by atoms with Crippen LogP contribution in [0.5, 0.6) is 0 Å². The molecule has 1 aromatic rings. The SMILES string of the molecule is CCCNC(=O)CNCc1csc(N(CC)C(C)=O)n1. The van der Waals surface area contributed by atoms with Crippen LogP contribution in [0, 0.1) is 0 Å². The Kier molecular flexibility index (Phi) is 7.17. The lowest BCUT2D eigenvalue weighted by atomic mass is 10.4. The van der Waals surface area contributed by atoms with Crippen LogP contribution in [-0.4, -0.2) is 36.4 Å². The standard InChI is InChI=1S/C13H22N4O2S/c1-4-6-15-12(19)8-14-7-11-9-20-13(16-11)17(5-2)10(3)18/h9,14H,4-8H2,1-3H3,(H,15,19). The van der Waals surface area contributed by atoms with Crippen molar-refractivity contribution in [1.82, 2.24) is 15.6 Å². The van der Waals surface area contributed by atoms with Crippen LogP contribution >= 0.6 is 11.3 Å². The molecule has 0 saturated carbocycles. The Balaban J connectivity index is 2.41. The molecule has 0 spiro atoms. The maximum atomic E-state index is 11.4. The summed E-state index contributed by atoms with van der Waals surface area (Å²) in [5.41, 5.74) is 0.841. The highest BCUT2D eigenvalue weighted by Gasteiger charge is 2.13. The fourth-order valence-corrected chi connectivity index (χ4v) is 2.56. The molecule has 2 amide bonds. The Labute approximate surface area is 123 Å². The van der Waals surface area contributed by atoms with Gasteiger partial charge >= 0.3 is 0 Å². The van der Waals surface area contributed by atoms with E-state index < -0.39 is 0 Å². The molecule has 0 radical (unpaired) electrons. The van der Waals surface area contributed by atoms with Gasteiger partial charge in [-0.3, -0.25) is 14.5 Å². The zero-order valence-corrected chi connectivity index (χ0v) is 13.0. The Morgan fingerprint density at radius 1 is 1.40 bits per heavy atom. The fourth-order valence-electron chi connectivity index (χ4n) is 1.63. The molecule has 1 heterocycles. The number of nitrogens with zero attached hydrogens (tertiary/aromatic N) is 2. The molecule has 2 N–H and O–H groups in total. The molecule has 1 rings (SSSR count). The van der Waals surface area contributed by atoms with Gasteiger partial charge in [0.2, 0.25) is 11.8 Å². The molecule has 0 aliphatic rings. The van der Waals surface area contributed by atoms with Gasteiger partial charge in [-0.1, -0.05) is 6.92 Å². The number of amides is 2.